The third-order valence-electron chi connectivity index (χ3n) is 5.57. The van der Waals surface area contributed by atoms with E-state index >= 15 is 0 Å². The van der Waals surface area contributed by atoms with Crippen LogP contribution in [0.25, 0.3) is 0 Å². The summed E-state index contributed by atoms with van der Waals surface area (Å²) in [4.78, 5) is 10.8. The number of aliphatic carboxylic acids is 1. The Bertz CT molecular complexity index is 721. The molecule has 1 aromatic carbocycles. The molecule has 1 aliphatic carbocycles. The van der Waals surface area contributed by atoms with Gasteiger partial charge in [-0.15, -0.1) is 0 Å². The minimum Gasteiger partial charge on any atom is -0.478 e. The Hall–Kier alpha value is -1.83. The van der Waals surface area contributed by atoms with Gasteiger partial charge in [-0.25, -0.2) is 4.79 Å². The van der Waals surface area contributed by atoms with E-state index in [0.29, 0.717) is 5.92 Å². The first-order chi connectivity index (χ1) is 11.7. The Morgan fingerprint density at radius 2 is 1.58 bits per heavy atom. The molecular weight excluding hydrogens is 320 g/mol. The van der Waals surface area contributed by atoms with E-state index in [1.165, 1.54) is 22.8 Å². The van der Waals surface area contributed by atoms with Crippen molar-refractivity contribution in [1.82, 2.24) is 0 Å². The van der Waals surface area contributed by atoms with Gasteiger partial charge in [0.1, 0.15) is 0 Å². The summed E-state index contributed by atoms with van der Waals surface area (Å²) in [5.41, 5.74) is 5.34. The third-order valence-corrected chi connectivity index (χ3v) is 5.57. The van der Waals surface area contributed by atoms with Gasteiger partial charge in [-0.1, -0.05) is 78.8 Å². The SMILES string of the molecule is CC(/C=C/C1CC1(C)c1cc(C(C)(C)C)cc(C(C)(C)C)c1)=C\C(=O)O. The number of allylic oxidation sites excluding steroid dienone is 3. The smallest absolute Gasteiger partial charge is 0.328 e. The first-order valence-electron chi connectivity index (χ1n) is 9.49. The molecule has 2 rings (SSSR count). The number of hydrogen-bond acceptors (Lipinski definition) is 1. The fraction of sp³-hybridized carbons (Fsp3) is 0.542. The Morgan fingerprint density at radius 3 is 2.00 bits per heavy atom. The third kappa shape index (κ3) is 4.66. The molecule has 0 aromatic heterocycles. The standard InChI is InChI=1S/C24H34O2/c1-16(11-21(25)26)9-10-17-15-24(17,8)20-13-18(22(2,3)4)12-19(14-20)23(5,6)7/h9-14,17H,15H2,1-8H3,(H,25,26)/b10-9+,16-11+. The molecule has 1 N–H and O–H groups in total. The van der Waals surface area contributed by atoms with Gasteiger partial charge in [0.25, 0.3) is 0 Å². The summed E-state index contributed by atoms with van der Waals surface area (Å²) >= 11 is 0. The molecule has 1 fully saturated rings. The van der Waals surface area contributed by atoms with Crippen LogP contribution in [0, 0.1) is 5.92 Å². The Balaban J connectivity index is 2.37. The zero-order chi connectivity index (χ0) is 19.9. The van der Waals surface area contributed by atoms with E-state index in [9.17, 15) is 4.79 Å². The topological polar surface area (TPSA) is 37.3 Å². The van der Waals surface area contributed by atoms with E-state index in [1.54, 1.807) is 0 Å². The summed E-state index contributed by atoms with van der Waals surface area (Å²) in [7, 11) is 0. The lowest BCUT2D eigenvalue weighted by Crippen LogP contribution is -2.18. The van der Waals surface area contributed by atoms with Crippen molar-refractivity contribution in [3.05, 3.63) is 58.7 Å². The van der Waals surface area contributed by atoms with Crippen molar-refractivity contribution in [2.45, 2.75) is 78.1 Å². The van der Waals surface area contributed by atoms with Crippen molar-refractivity contribution in [3.63, 3.8) is 0 Å². The molecule has 26 heavy (non-hydrogen) atoms. The average Bonchev–Trinajstić information content (AvgIpc) is 3.14. The molecule has 2 unspecified atom stereocenters. The highest BCUT2D eigenvalue weighted by atomic mass is 16.4. The van der Waals surface area contributed by atoms with Gasteiger partial charge in [0.05, 0.1) is 0 Å². The minimum atomic E-state index is -0.890. The predicted molar refractivity (Wildman–Crippen MR) is 110 cm³/mol. The van der Waals surface area contributed by atoms with Crippen LogP contribution in [0.3, 0.4) is 0 Å². The van der Waals surface area contributed by atoms with Crippen molar-refractivity contribution >= 4 is 5.97 Å². The summed E-state index contributed by atoms with van der Waals surface area (Å²) in [6, 6.07) is 7.12. The number of benzene rings is 1. The van der Waals surface area contributed by atoms with Crippen molar-refractivity contribution in [1.29, 1.82) is 0 Å². The van der Waals surface area contributed by atoms with Crippen LogP contribution < -0.4 is 0 Å². The van der Waals surface area contributed by atoms with Gasteiger partial charge >= 0.3 is 5.97 Å². The highest BCUT2D eigenvalue weighted by Crippen LogP contribution is 2.55. The molecule has 0 bridgehead atoms. The Labute approximate surface area is 159 Å². The minimum absolute atomic E-state index is 0.118. The molecule has 1 aromatic rings. The maximum Gasteiger partial charge on any atom is 0.328 e. The lowest BCUT2D eigenvalue weighted by Gasteiger charge is -2.27. The number of carboxylic acids is 1. The maximum atomic E-state index is 10.8. The quantitative estimate of drug-likeness (QED) is 0.520. The van der Waals surface area contributed by atoms with Gasteiger partial charge in [0.15, 0.2) is 0 Å². The van der Waals surface area contributed by atoms with E-state index in [4.69, 9.17) is 5.11 Å². The normalized spacial score (nSPS) is 24.2. The van der Waals surface area contributed by atoms with Crippen LogP contribution in [0.5, 0.6) is 0 Å². The lowest BCUT2D eigenvalue weighted by atomic mass is 9.77. The maximum absolute atomic E-state index is 10.8. The van der Waals surface area contributed by atoms with Gasteiger partial charge in [0.2, 0.25) is 0 Å². The van der Waals surface area contributed by atoms with Gasteiger partial charge in [-0.3, -0.25) is 0 Å². The van der Waals surface area contributed by atoms with Crippen LogP contribution in [0.1, 0.15) is 78.5 Å². The number of hydrogen-bond donors (Lipinski definition) is 1. The number of carboxylic acid groups (broad SMARTS) is 1. The van der Waals surface area contributed by atoms with E-state index in [1.807, 2.05) is 13.0 Å². The first kappa shape index (κ1) is 20.5. The Morgan fingerprint density at radius 1 is 1.08 bits per heavy atom. The van der Waals surface area contributed by atoms with Gasteiger partial charge in [-0.05, 0) is 57.8 Å². The molecule has 1 aliphatic rings. The van der Waals surface area contributed by atoms with Crippen molar-refractivity contribution in [3.8, 4) is 0 Å². The second kappa shape index (κ2) is 6.72. The summed E-state index contributed by atoms with van der Waals surface area (Å²) in [6.45, 7) is 17.8. The predicted octanol–water partition coefficient (Wildman–Crippen LogP) is 6.15. The molecule has 0 spiro atoms. The van der Waals surface area contributed by atoms with Crippen molar-refractivity contribution < 1.29 is 9.90 Å². The summed E-state index contributed by atoms with van der Waals surface area (Å²) < 4.78 is 0. The highest BCUT2D eigenvalue weighted by Gasteiger charge is 2.50. The molecule has 0 radical (unpaired) electrons. The Kier molecular flexibility index (Phi) is 5.29. The second-order valence-corrected chi connectivity index (χ2v) is 10.1. The molecule has 0 aliphatic heterocycles. The van der Waals surface area contributed by atoms with E-state index in [0.717, 1.165) is 12.0 Å². The van der Waals surface area contributed by atoms with Crippen LogP contribution in [0.2, 0.25) is 0 Å². The largest absolute Gasteiger partial charge is 0.478 e. The van der Waals surface area contributed by atoms with Gasteiger partial charge < -0.3 is 5.11 Å². The second-order valence-electron chi connectivity index (χ2n) is 10.1. The molecule has 0 heterocycles. The highest BCUT2D eigenvalue weighted by molar-refractivity contribution is 5.81. The summed E-state index contributed by atoms with van der Waals surface area (Å²) in [6.07, 6.45) is 6.49. The van der Waals surface area contributed by atoms with E-state index in [-0.39, 0.29) is 16.2 Å². The van der Waals surface area contributed by atoms with Crippen molar-refractivity contribution in [2.24, 2.45) is 5.92 Å². The average molecular weight is 355 g/mol. The van der Waals surface area contributed by atoms with Gasteiger partial charge in [0, 0.05) is 6.08 Å². The molecule has 1 saturated carbocycles. The summed E-state index contributed by atoms with van der Waals surface area (Å²) in [5, 5.41) is 8.85. The molecule has 0 saturated heterocycles. The molecule has 2 nitrogen and oxygen atoms in total. The molecule has 0 amide bonds. The molecular formula is C24H34O2. The van der Waals surface area contributed by atoms with Gasteiger partial charge in [-0.2, -0.15) is 0 Å². The monoisotopic (exact) mass is 354 g/mol. The number of carbonyl (C=O) groups is 1. The van der Waals surface area contributed by atoms with E-state index < -0.39 is 5.97 Å². The number of rotatable bonds is 4. The molecule has 2 heteroatoms. The molecule has 2 atom stereocenters. The molecule has 142 valence electrons. The fourth-order valence-corrected chi connectivity index (χ4v) is 3.34. The first-order valence-corrected chi connectivity index (χ1v) is 9.49. The van der Waals surface area contributed by atoms with Crippen LogP contribution in [0.4, 0.5) is 0 Å². The van der Waals surface area contributed by atoms with Crippen LogP contribution >= 0.6 is 0 Å². The van der Waals surface area contributed by atoms with E-state index in [2.05, 4.69) is 72.7 Å². The fourth-order valence-electron chi connectivity index (χ4n) is 3.34. The van der Waals surface area contributed by atoms with Crippen LogP contribution in [-0.2, 0) is 21.0 Å². The zero-order valence-corrected chi connectivity index (χ0v) is 17.6. The van der Waals surface area contributed by atoms with Crippen LogP contribution in [-0.4, -0.2) is 11.1 Å². The van der Waals surface area contributed by atoms with Crippen molar-refractivity contribution in [2.75, 3.05) is 0 Å². The lowest BCUT2D eigenvalue weighted by molar-refractivity contribution is -0.131. The summed E-state index contributed by atoms with van der Waals surface area (Å²) in [5.74, 6) is -0.430. The van der Waals surface area contributed by atoms with Crippen LogP contribution in [0.15, 0.2) is 42.0 Å². The zero-order valence-electron chi connectivity index (χ0n) is 17.6.